The molecule has 7 nitrogen and oxygen atoms in total. The van der Waals surface area contributed by atoms with E-state index >= 15 is 0 Å². The van der Waals surface area contributed by atoms with Crippen molar-refractivity contribution in [2.45, 2.75) is 38.6 Å². The van der Waals surface area contributed by atoms with Gasteiger partial charge in [0.25, 0.3) is 0 Å². The number of benzene rings is 2. The van der Waals surface area contributed by atoms with Gasteiger partial charge in [-0.05, 0) is 30.2 Å². The predicted octanol–water partition coefficient (Wildman–Crippen LogP) is 4.91. The molecule has 0 spiro atoms. The maximum atomic E-state index is 12.5. The number of ether oxygens (including phenoxy) is 2. The third-order valence-electron chi connectivity index (χ3n) is 4.82. The summed E-state index contributed by atoms with van der Waals surface area (Å²) in [6.07, 6.45) is 3.05. The van der Waals surface area contributed by atoms with Gasteiger partial charge in [0.15, 0.2) is 11.5 Å². The number of nitro benzene ring substituents is 1. The van der Waals surface area contributed by atoms with Gasteiger partial charge >= 0.3 is 5.69 Å². The van der Waals surface area contributed by atoms with E-state index in [9.17, 15) is 14.9 Å². The maximum absolute atomic E-state index is 12.5. The molecule has 0 aliphatic carbocycles. The predicted molar refractivity (Wildman–Crippen MR) is 106 cm³/mol. The van der Waals surface area contributed by atoms with E-state index in [1.165, 1.54) is 13.2 Å². The van der Waals surface area contributed by atoms with Gasteiger partial charge in [0.1, 0.15) is 0 Å². The topological polar surface area (TPSA) is 90.7 Å². The average Bonchev–Trinajstić information content (AvgIpc) is 2.70. The Morgan fingerprint density at radius 2 is 2.04 bits per heavy atom. The number of nitrogens with one attached hydrogen (secondary N) is 1. The molecule has 2 aromatic carbocycles. The number of methoxy groups -OCH3 is 1. The average molecular weight is 384 g/mol. The molecular weight excluding hydrogens is 360 g/mol. The number of unbranched alkanes of at least 4 members (excludes halogenated alkanes) is 2. The number of nitrogens with zero attached hydrogens (tertiary/aromatic N) is 1. The number of nitro groups is 1. The zero-order chi connectivity index (χ0) is 20.1. The van der Waals surface area contributed by atoms with Crippen molar-refractivity contribution in [1.29, 1.82) is 0 Å². The van der Waals surface area contributed by atoms with Gasteiger partial charge in [-0.15, -0.1) is 0 Å². The number of carbonyl (C=O) groups excluding carboxylic acids is 1. The Labute approximate surface area is 163 Å². The van der Waals surface area contributed by atoms with Crippen molar-refractivity contribution in [1.82, 2.24) is 0 Å². The van der Waals surface area contributed by atoms with Crippen LogP contribution in [0.25, 0.3) is 0 Å². The van der Waals surface area contributed by atoms with E-state index in [0.717, 1.165) is 24.9 Å². The van der Waals surface area contributed by atoms with Gasteiger partial charge in [0.05, 0.1) is 24.7 Å². The van der Waals surface area contributed by atoms with Crippen molar-refractivity contribution in [3.05, 3.63) is 57.6 Å². The molecule has 1 heterocycles. The summed E-state index contributed by atoms with van der Waals surface area (Å²) in [4.78, 5) is 23.7. The number of para-hydroxylation sites is 1. The van der Waals surface area contributed by atoms with Crippen LogP contribution >= 0.6 is 0 Å². The molecule has 1 unspecified atom stereocenters. The number of anilines is 1. The summed E-state index contributed by atoms with van der Waals surface area (Å²) in [5.74, 6) is 0.435. The smallest absolute Gasteiger partial charge is 0.315 e. The standard InChI is InChI=1S/C21H24N2O5/c1-3-4-7-10-28-21-18(23(25)26)11-14(12-20(21)27-2)17-13-19(24)15-8-5-6-9-16(15)22-17/h5-6,8-9,11-12,17,22H,3-4,7,10,13H2,1-2H3. The first-order valence-corrected chi connectivity index (χ1v) is 9.43. The Kier molecular flexibility index (Phi) is 6.13. The highest BCUT2D eigenvalue weighted by Gasteiger charge is 2.29. The highest BCUT2D eigenvalue weighted by molar-refractivity contribution is 6.03. The molecule has 3 rings (SSSR count). The van der Waals surface area contributed by atoms with Crippen molar-refractivity contribution in [3.63, 3.8) is 0 Å². The molecule has 28 heavy (non-hydrogen) atoms. The van der Waals surface area contributed by atoms with E-state index in [4.69, 9.17) is 9.47 Å². The van der Waals surface area contributed by atoms with Crippen LogP contribution in [-0.4, -0.2) is 24.4 Å². The molecule has 1 aliphatic heterocycles. The van der Waals surface area contributed by atoms with Gasteiger partial charge in [-0.2, -0.15) is 0 Å². The van der Waals surface area contributed by atoms with E-state index in [0.29, 0.717) is 23.5 Å². The number of Topliss-reactive ketones (excluding diaryl/α,β-unsaturated/α-hetero) is 1. The lowest BCUT2D eigenvalue weighted by atomic mass is 9.92. The normalized spacial score (nSPS) is 15.5. The molecule has 148 valence electrons. The van der Waals surface area contributed by atoms with E-state index < -0.39 is 4.92 Å². The first-order valence-electron chi connectivity index (χ1n) is 9.43. The fraction of sp³-hybridized carbons (Fsp3) is 0.381. The summed E-state index contributed by atoms with van der Waals surface area (Å²) in [5, 5.41) is 15.0. The van der Waals surface area contributed by atoms with Gasteiger partial charge in [0.2, 0.25) is 5.75 Å². The first kappa shape index (κ1) is 19.7. The summed E-state index contributed by atoms with van der Waals surface area (Å²) in [6.45, 7) is 2.46. The van der Waals surface area contributed by atoms with Gasteiger partial charge in [-0.1, -0.05) is 31.9 Å². The van der Waals surface area contributed by atoms with Gasteiger partial charge < -0.3 is 14.8 Å². The molecular formula is C21H24N2O5. The second kappa shape index (κ2) is 8.73. The SMILES string of the molecule is CCCCCOc1c(OC)cc(C2CC(=O)c3ccccc3N2)cc1[N+](=O)[O-]. The Morgan fingerprint density at radius 3 is 2.75 bits per heavy atom. The Balaban J connectivity index is 1.93. The molecule has 0 aromatic heterocycles. The number of hydrogen-bond donors (Lipinski definition) is 1. The van der Waals surface area contributed by atoms with Crippen LogP contribution < -0.4 is 14.8 Å². The fourth-order valence-electron chi connectivity index (χ4n) is 3.36. The molecule has 0 saturated carbocycles. The number of carbonyl (C=O) groups is 1. The maximum Gasteiger partial charge on any atom is 0.315 e. The molecule has 0 bridgehead atoms. The Morgan fingerprint density at radius 1 is 1.25 bits per heavy atom. The second-order valence-corrected chi connectivity index (χ2v) is 6.75. The lowest BCUT2D eigenvalue weighted by molar-refractivity contribution is -0.386. The van der Waals surface area contributed by atoms with E-state index in [-0.39, 0.29) is 29.7 Å². The highest BCUT2D eigenvalue weighted by Crippen LogP contribution is 2.42. The van der Waals surface area contributed by atoms with Gasteiger partial charge in [-0.25, -0.2) is 0 Å². The summed E-state index contributed by atoms with van der Waals surface area (Å²) in [5.41, 5.74) is 1.83. The van der Waals surface area contributed by atoms with Gasteiger partial charge in [0, 0.05) is 23.7 Å². The zero-order valence-electron chi connectivity index (χ0n) is 16.1. The quantitative estimate of drug-likeness (QED) is 0.395. The number of ketones is 1. The van der Waals surface area contributed by atoms with Crippen LogP contribution in [0.3, 0.4) is 0 Å². The highest BCUT2D eigenvalue weighted by atomic mass is 16.6. The summed E-state index contributed by atoms with van der Waals surface area (Å²) in [6, 6.07) is 10.1. The molecule has 1 atom stereocenters. The Hall–Kier alpha value is -3.09. The van der Waals surface area contributed by atoms with Crippen LogP contribution in [0.4, 0.5) is 11.4 Å². The van der Waals surface area contributed by atoms with E-state index in [1.54, 1.807) is 12.1 Å². The second-order valence-electron chi connectivity index (χ2n) is 6.75. The van der Waals surface area contributed by atoms with Crippen molar-refractivity contribution in [3.8, 4) is 11.5 Å². The largest absolute Gasteiger partial charge is 0.493 e. The van der Waals surface area contributed by atoms with Crippen molar-refractivity contribution in [2.24, 2.45) is 0 Å². The lowest BCUT2D eigenvalue weighted by Gasteiger charge is -2.27. The van der Waals surface area contributed by atoms with Crippen LogP contribution in [0, 0.1) is 10.1 Å². The Bertz CT molecular complexity index is 881. The van der Waals surface area contributed by atoms with Crippen molar-refractivity contribution >= 4 is 17.2 Å². The van der Waals surface area contributed by atoms with Crippen molar-refractivity contribution < 1.29 is 19.2 Å². The van der Waals surface area contributed by atoms with Crippen molar-refractivity contribution in [2.75, 3.05) is 19.0 Å². The number of fused-ring (bicyclic) bond motifs is 1. The molecule has 0 radical (unpaired) electrons. The number of rotatable bonds is 8. The van der Waals surface area contributed by atoms with Crippen LogP contribution in [0.15, 0.2) is 36.4 Å². The van der Waals surface area contributed by atoms with Crippen LogP contribution in [0.2, 0.25) is 0 Å². The third kappa shape index (κ3) is 4.08. The lowest BCUT2D eigenvalue weighted by Crippen LogP contribution is -2.23. The van der Waals surface area contributed by atoms with E-state index in [1.807, 2.05) is 18.2 Å². The third-order valence-corrected chi connectivity index (χ3v) is 4.82. The van der Waals surface area contributed by atoms with E-state index in [2.05, 4.69) is 12.2 Å². The summed E-state index contributed by atoms with van der Waals surface area (Å²) in [7, 11) is 1.45. The number of hydrogen-bond acceptors (Lipinski definition) is 6. The minimum atomic E-state index is -0.472. The monoisotopic (exact) mass is 384 g/mol. The summed E-state index contributed by atoms with van der Waals surface area (Å²) < 4.78 is 11.1. The molecule has 1 N–H and O–H groups in total. The molecule has 7 heteroatoms. The summed E-state index contributed by atoms with van der Waals surface area (Å²) >= 11 is 0. The molecule has 0 fully saturated rings. The zero-order valence-corrected chi connectivity index (χ0v) is 16.1. The molecule has 0 amide bonds. The molecule has 1 aliphatic rings. The first-order chi connectivity index (χ1) is 13.5. The van der Waals surface area contributed by atoms with Gasteiger partial charge in [-0.3, -0.25) is 14.9 Å². The van der Waals surface area contributed by atoms with Crippen LogP contribution in [-0.2, 0) is 0 Å². The van der Waals surface area contributed by atoms with Crippen LogP contribution in [0.1, 0.15) is 54.6 Å². The molecule has 0 saturated heterocycles. The fourth-order valence-corrected chi connectivity index (χ4v) is 3.36. The minimum Gasteiger partial charge on any atom is -0.493 e. The minimum absolute atomic E-state index is 0.000798. The molecule has 2 aromatic rings. The van der Waals surface area contributed by atoms with Crippen LogP contribution in [0.5, 0.6) is 11.5 Å².